The molecule has 2 aliphatic rings. The predicted molar refractivity (Wildman–Crippen MR) is 172 cm³/mol. The molecule has 0 amide bonds. The first-order chi connectivity index (χ1) is 19.7. The first-order valence-corrected chi connectivity index (χ1v) is 17.1. The molecule has 0 saturated carbocycles. The van der Waals surface area contributed by atoms with Crippen molar-refractivity contribution in [3.63, 3.8) is 0 Å². The monoisotopic (exact) mass is 554 g/mol. The van der Waals surface area contributed by atoms with E-state index < -0.39 is 11.4 Å². The van der Waals surface area contributed by atoms with Crippen LogP contribution in [-0.2, 0) is 9.47 Å². The molecular formula is C36H62N2O2. The van der Waals surface area contributed by atoms with E-state index in [0.29, 0.717) is 0 Å². The molecule has 0 fully saturated rings. The first-order valence-electron chi connectivity index (χ1n) is 17.1. The van der Waals surface area contributed by atoms with Crippen LogP contribution >= 0.6 is 0 Å². The molecule has 2 rings (SSSR count). The lowest BCUT2D eigenvalue weighted by Gasteiger charge is -2.30. The average molecular weight is 555 g/mol. The third-order valence-corrected chi connectivity index (χ3v) is 8.12. The molecule has 4 heteroatoms. The topological polar surface area (TPSA) is 43.2 Å². The lowest BCUT2D eigenvalue weighted by Crippen LogP contribution is -2.33. The summed E-state index contributed by atoms with van der Waals surface area (Å²) >= 11 is 0. The van der Waals surface area contributed by atoms with Crippen molar-refractivity contribution in [2.24, 2.45) is 10.2 Å². The fourth-order valence-corrected chi connectivity index (χ4v) is 5.45. The van der Waals surface area contributed by atoms with Gasteiger partial charge in [-0.3, -0.25) is 0 Å². The Morgan fingerprint density at radius 3 is 1.07 bits per heavy atom. The van der Waals surface area contributed by atoms with E-state index >= 15 is 0 Å². The van der Waals surface area contributed by atoms with Crippen LogP contribution in [0.15, 0.2) is 58.8 Å². The number of azo groups is 1. The molecule has 0 saturated heterocycles. The molecule has 2 unspecified atom stereocenters. The largest absolute Gasteiger partial charge is 0.348 e. The highest BCUT2D eigenvalue weighted by Gasteiger charge is 2.33. The van der Waals surface area contributed by atoms with Gasteiger partial charge in [-0.1, -0.05) is 166 Å². The van der Waals surface area contributed by atoms with Crippen molar-refractivity contribution in [3.8, 4) is 0 Å². The van der Waals surface area contributed by atoms with Gasteiger partial charge in [0.1, 0.15) is 0 Å². The number of unbranched alkanes of at least 4 members (excludes halogenated alkanes) is 18. The van der Waals surface area contributed by atoms with E-state index in [1.165, 1.54) is 116 Å². The van der Waals surface area contributed by atoms with Gasteiger partial charge >= 0.3 is 0 Å². The van der Waals surface area contributed by atoms with Crippen molar-refractivity contribution < 1.29 is 9.47 Å². The maximum Gasteiger partial charge on any atom is 0.201 e. The minimum atomic E-state index is -0.712. The number of ether oxygens (including phenoxy) is 2. The van der Waals surface area contributed by atoms with Crippen molar-refractivity contribution in [2.45, 2.75) is 167 Å². The average Bonchev–Trinajstić information content (AvgIpc) is 2.99. The molecule has 0 spiro atoms. The van der Waals surface area contributed by atoms with Gasteiger partial charge in [-0.05, 0) is 25.0 Å². The molecule has 0 aromatic carbocycles. The second kappa shape index (κ2) is 23.1. The summed E-state index contributed by atoms with van der Waals surface area (Å²) in [6.45, 7) is 6.00. The van der Waals surface area contributed by atoms with Crippen molar-refractivity contribution in [1.82, 2.24) is 0 Å². The maximum atomic E-state index is 6.39. The van der Waals surface area contributed by atoms with Gasteiger partial charge in [0.25, 0.3) is 0 Å². The van der Waals surface area contributed by atoms with Crippen LogP contribution in [-0.4, -0.2) is 24.7 Å². The second-order valence-electron chi connectivity index (χ2n) is 11.9. The van der Waals surface area contributed by atoms with Crippen LogP contribution in [0, 0.1) is 0 Å². The molecule has 4 nitrogen and oxygen atoms in total. The Morgan fingerprint density at radius 2 is 0.775 bits per heavy atom. The van der Waals surface area contributed by atoms with Crippen LogP contribution in [0.3, 0.4) is 0 Å². The lowest BCUT2D eigenvalue weighted by molar-refractivity contribution is -0.0356. The molecule has 0 bridgehead atoms. The molecule has 40 heavy (non-hydrogen) atoms. The zero-order valence-corrected chi connectivity index (χ0v) is 26.3. The van der Waals surface area contributed by atoms with E-state index in [1.807, 2.05) is 12.2 Å². The smallest absolute Gasteiger partial charge is 0.201 e. The van der Waals surface area contributed by atoms with Crippen LogP contribution in [0.4, 0.5) is 0 Å². The van der Waals surface area contributed by atoms with Gasteiger partial charge in [0.05, 0.1) is 0 Å². The summed E-state index contributed by atoms with van der Waals surface area (Å²) in [7, 11) is 0. The zero-order valence-electron chi connectivity index (χ0n) is 26.3. The van der Waals surface area contributed by atoms with Crippen LogP contribution in [0.5, 0.6) is 0 Å². The summed E-state index contributed by atoms with van der Waals surface area (Å²) in [6.07, 6.45) is 44.5. The molecule has 0 aromatic rings. The Bertz CT molecular complexity index is 694. The summed E-state index contributed by atoms with van der Waals surface area (Å²) in [6, 6.07) is 0. The molecule has 0 heterocycles. The van der Waals surface area contributed by atoms with Crippen molar-refractivity contribution in [3.05, 3.63) is 48.6 Å². The van der Waals surface area contributed by atoms with Crippen molar-refractivity contribution >= 4 is 0 Å². The molecule has 0 aromatic heterocycles. The first kappa shape index (κ1) is 34.7. The quantitative estimate of drug-likeness (QED) is 0.0788. The molecule has 0 N–H and O–H groups in total. The van der Waals surface area contributed by atoms with Gasteiger partial charge in [0.2, 0.25) is 11.4 Å². The third-order valence-electron chi connectivity index (χ3n) is 8.12. The normalized spacial score (nSPS) is 22.1. The SMILES string of the molecule is CCCCCCCCCCCCOC1(N=NC2(OCCCCCCCCCCCC)C=CC=CC2)C=CC=CC1. The molecule has 2 aliphatic carbocycles. The molecule has 0 radical (unpaired) electrons. The van der Waals surface area contributed by atoms with Crippen molar-refractivity contribution in [1.29, 1.82) is 0 Å². The van der Waals surface area contributed by atoms with E-state index in [4.69, 9.17) is 19.7 Å². The highest BCUT2D eigenvalue weighted by Crippen LogP contribution is 2.31. The maximum absolute atomic E-state index is 6.39. The van der Waals surface area contributed by atoms with E-state index in [2.05, 4.69) is 50.3 Å². The van der Waals surface area contributed by atoms with E-state index in [-0.39, 0.29) is 0 Å². The molecule has 228 valence electrons. The number of rotatable bonds is 26. The molecule has 2 atom stereocenters. The number of hydrogen-bond acceptors (Lipinski definition) is 4. The molecular weight excluding hydrogens is 492 g/mol. The van der Waals surface area contributed by atoms with Crippen LogP contribution < -0.4 is 0 Å². The Balaban J connectivity index is 1.70. The number of nitrogens with zero attached hydrogens (tertiary/aromatic N) is 2. The predicted octanol–water partition coefficient (Wildman–Crippen LogP) is 11.7. The Morgan fingerprint density at radius 1 is 0.450 bits per heavy atom. The van der Waals surface area contributed by atoms with Gasteiger partial charge in [-0.15, -0.1) is 0 Å². The van der Waals surface area contributed by atoms with Crippen molar-refractivity contribution in [2.75, 3.05) is 13.2 Å². The van der Waals surface area contributed by atoms with Gasteiger partial charge < -0.3 is 9.47 Å². The Labute approximate surface area is 247 Å². The minimum Gasteiger partial charge on any atom is -0.348 e. The van der Waals surface area contributed by atoms with Gasteiger partial charge in [-0.25, -0.2) is 0 Å². The Hall–Kier alpha value is -1.52. The van der Waals surface area contributed by atoms with Crippen LogP contribution in [0.1, 0.15) is 155 Å². The van der Waals surface area contributed by atoms with Crippen LogP contribution in [0.2, 0.25) is 0 Å². The van der Waals surface area contributed by atoms with Gasteiger partial charge in [0.15, 0.2) is 0 Å². The summed E-state index contributed by atoms with van der Waals surface area (Å²) in [4.78, 5) is 0. The minimum absolute atomic E-state index is 0.712. The summed E-state index contributed by atoms with van der Waals surface area (Å²) in [5.74, 6) is 0. The van der Waals surface area contributed by atoms with E-state index in [9.17, 15) is 0 Å². The Kier molecular flexibility index (Phi) is 20.0. The van der Waals surface area contributed by atoms with E-state index in [1.54, 1.807) is 0 Å². The van der Waals surface area contributed by atoms with Gasteiger partial charge in [-0.2, -0.15) is 10.2 Å². The second-order valence-corrected chi connectivity index (χ2v) is 11.9. The fraction of sp³-hybridized carbons (Fsp3) is 0.778. The summed E-state index contributed by atoms with van der Waals surface area (Å²) in [5.41, 5.74) is -1.42. The summed E-state index contributed by atoms with van der Waals surface area (Å²) < 4.78 is 12.8. The number of allylic oxidation sites excluding steroid dienone is 4. The lowest BCUT2D eigenvalue weighted by atomic mass is 10.0. The summed E-state index contributed by atoms with van der Waals surface area (Å²) in [5, 5.41) is 9.64. The number of hydrogen-bond donors (Lipinski definition) is 0. The van der Waals surface area contributed by atoms with E-state index in [0.717, 1.165) is 38.9 Å². The zero-order chi connectivity index (χ0) is 28.5. The highest BCUT2D eigenvalue weighted by molar-refractivity contribution is 5.20. The highest BCUT2D eigenvalue weighted by atomic mass is 16.5. The standard InChI is InChI=1S/C36H62N2O2/c1-3-5-7-9-11-13-15-17-19-27-33-39-35(29-23-21-24-30-35)37-38-36(31-25-22-26-32-36)40-34-28-20-18-16-14-12-10-8-6-4-2/h21-26,29,31H,3-20,27-28,30,32-34H2,1-2H3. The third kappa shape index (κ3) is 16.1. The molecule has 0 aliphatic heterocycles. The van der Waals surface area contributed by atoms with Crippen LogP contribution in [0.25, 0.3) is 0 Å². The van der Waals surface area contributed by atoms with Gasteiger partial charge in [0, 0.05) is 26.1 Å². The fourth-order valence-electron chi connectivity index (χ4n) is 5.45.